The van der Waals surface area contributed by atoms with Crippen molar-refractivity contribution in [1.82, 2.24) is 9.80 Å². The van der Waals surface area contributed by atoms with Crippen molar-refractivity contribution < 1.29 is 13.2 Å². The molecule has 0 aliphatic carbocycles. The molecular weight excluding hydrogens is 678 g/mol. The van der Waals surface area contributed by atoms with E-state index in [1.165, 1.54) is 12.4 Å². The van der Waals surface area contributed by atoms with E-state index in [9.17, 15) is 13.2 Å². The number of carbonyl (C=O) groups is 1. The second kappa shape index (κ2) is 11.0. The van der Waals surface area contributed by atoms with E-state index in [0.29, 0.717) is 29.2 Å². The number of nitrogens with one attached hydrogen (secondary N) is 1. The lowest BCUT2D eigenvalue weighted by Crippen LogP contribution is -2.34. The molecule has 11 heteroatoms. The molecule has 3 rings (SSSR count). The van der Waals surface area contributed by atoms with Gasteiger partial charge in [-0.2, -0.15) is 8.42 Å². The molecule has 0 atom stereocenters. The summed E-state index contributed by atoms with van der Waals surface area (Å²) in [5.41, 5.74) is 2.77. The van der Waals surface area contributed by atoms with Crippen LogP contribution in [0.4, 0.5) is 5.69 Å². The van der Waals surface area contributed by atoms with Crippen molar-refractivity contribution in [3.05, 3.63) is 58.1 Å². The third-order valence-electron chi connectivity index (χ3n) is 4.89. The second-order valence-corrected chi connectivity index (χ2v) is 14.3. The molecule has 1 N–H and O–H groups in total. The van der Waals surface area contributed by atoms with Crippen LogP contribution in [0.3, 0.4) is 0 Å². The molecule has 0 aromatic heterocycles. The van der Waals surface area contributed by atoms with Gasteiger partial charge in [-0.1, -0.05) is 75.0 Å². The number of halogens is 3. The Hall–Kier alpha value is -0.960. The summed E-state index contributed by atoms with van der Waals surface area (Å²) in [6.45, 7) is 1.35. The molecule has 1 aliphatic heterocycles. The molecule has 2 aromatic carbocycles. The topological polar surface area (TPSA) is 82.1 Å². The molecular formula is C21H23ClI2N4O3S. The Morgan fingerprint density at radius 3 is 2.69 bits per heavy atom. The number of fused-ring (bicyclic) bond motifs is 1. The molecule has 0 saturated heterocycles. The van der Waals surface area contributed by atoms with Gasteiger partial charge < -0.3 is 10.2 Å². The molecule has 32 heavy (non-hydrogen) atoms. The minimum absolute atomic E-state index is 0.0906. The van der Waals surface area contributed by atoms with Crippen LogP contribution in [0, 0.1) is 0 Å². The lowest BCUT2D eigenvalue weighted by Gasteiger charge is -2.31. The van der Waals surface area contributed by atoms with Gasteiger partial charge in [-0.05, 0) is 41.3 Å². The number of amides is 1. The standard InChI is InChI=1S/C21H23ClI2N4O3S/c1-27(2)13-25-32(30,31)19-11-16(9-15-12-28(21(23)24)8-7-17(15)19)26-20(29)10-14-5-3-4-6-18(14)22/h3-6,9,11,13,21H,7-8,10,12H2,1-2H3,(H,26,29)/b25-13+. The van der Waals surface area contributed by atoms with Gasteiger partial charge in [0.15, 0.2) is 0 Å². The fourth-order valence-electron chi connectivity index (χ4n) is 3.38. The third-order valence-corrected chi connectivity index (χ3v) is 8.12. The van der Waals surface area contributed by atoms with Crippen molar-refractivity contribution in [2.75, 3.05) is 26.0 Å². The van der Waals surface area contributed by atoms with E-state index in [2.05, 4.69) is 59.8 Å². The van der Waals surface area contributed by atoms with Gasteiger partial charge in [-0.25, -0.2) is 0 Å². The summed E-state index contributed by atoms with van der Waals surface area (Å²) in [4.78, 5) is 16.6. The zero-order chi connectivity index (χ0) is 23.5. The van der Waals surface area contributed by atoms with Crippen molar-refractivity contribution in [2.45, 2.75) is 26.3 Å². The average molecular weight is 701 g/mol. The molecule has 0 unspecified atom stereocenters. The number of alkyl halides is 2. The van der Waals surface area contributed by atoms with Crippen LogP contribution in [0.2, 0.25) is 5.02 Å². The first-order chi connectivity index (χ1) is 15.1. The van der Waals surface area contributed by atoms with Crippen LogP contribution < -0.4 is 5.32 Å². The van der Waals surface area contributed by atoms with Crippen LogP contribution >= 0.6 is 56.8 Å². The molecule has 0 bridgehead atoms. The number of hydrogen-bond acceptors (Lipinski definition) is 4. The Morgan fingerprint density at radius 2 is 2.03 bits per heavy atom. The number of carbonyl (C=O) groups excluding carboxylic acids is 1. The molecule has 172 valence electrons. The molecule has 1 aliphatic rings. The highest BCUT2D eigenvalue weighted by molar-refractivity contribution is 14.2. The summed E-state index contributed by atoms with van der Waals surface area (Å²) in [6, 6.07) is 10.5. The summed E-state index contributed by atoms with van der Waals surface area (Å²) in [5.74, 6) is -0.272. The van der Waals surface area contributed by atoms with Crippen LogP contribution in [0.25, 0.3) is 0 Å². The predicted molar refractivity (Wildman–Crippen MR) is 146 cm³/mol. The van der Waals surface area contributed by atoms with E-state index in [-0.39, 0.29) is 19.3 Å². The summed E-state index contributed by atoms with van der Waals surface area (Å²) < 4.78 is 30.1. The Kier molecular flexibility index (Phi) is 8.80. The van der Waals surface area contributed by atoms with Crippen LogP contribution in [0.15, 0.2) is 45.7 Å². The zero-order valence-corrected chi connectivity index (χ0v) is 23.4. The van der Waals surface area contributed by atoms with Crippen LogP contribution in [0.5, 0.6) is 0 Å². The molecule has 1 heterocycles. The first-order valence-electron chi connectivity index (χ1n) is 9.75. The number of benzene rings is 2. The maximum Gasteiger partial charge on any atom is 0.284 e. The second-order valence-electron chi connectivity index (χ2n) is 7.59. The number of sulfonamides is 1. The van der Waals surface area contributed by atoms with Gasteiger partial charge in [0.1, 0.15) is 8.39 Å². The van der Waals surface area contributed by atoms with Gasteiger partial charge in [0.25, 0.3) is 10.0 Å². The van der Waals surface area contributed by atoms with Gasteiger partial charge >= 0.3 is 0 Å². The van der Waals surface area contributed by atoms with E-state index in [1.807, 2.05) is 12.1 Å². The van der Waals surface area contributed by atoms with Gasteiger partial charge in [0, 0.05) is 37.9 Å². The van der Waals surface area contributed by atoms with E-state index >= 15 is 0 Å². The molecule has 1 amide bonds. The summed E-state index contributed by atoms with van der Waals surface area (Å²) in [7, 11) is -0.511. The maximum absolute atomic E-state index is 13.0. The van der Waals surface area contributed by atoms with Crippen LogP contribution in [-0.2, 0) is 34.2 Å². The first kappa shape index (κ1) is 25.7. The quantitative estimate of drug-likeness (QED) is 0.153. The minimum Gasteiger partial charge on any atom is -0.368 e. The number of hydrogen-bond donors (Lipinski definition) is 1. The molecule has 0 fully saturated rings. The Labute approximate surface area is 220 Å². The fraction of sp³-hybridized carbons (Fsp3) is 0.333. The van der Waals surface area contributed by atoms with E-state index in [4.69, 9.17) is 11.6 Å². The fourth-order valence-corrected chi connectivity index (χ4v) is 5.78. The number of rotatable bonds is 7. The first-order valence-corrected chi connectivity index (χ1v) is 14.1. The van der Waals surface area contributed by atoms with Crippen molar-refractivity contribution in [2.24, 2.45) is 4.40 Å². The predicted octanol–water partition coefficient (Wildman–Crippen LogP) is 4.31. The zero-order valence-electron chi connectivity index (χ0n) is 17.6. The van der Waals surface area contributed by atoms with E-state index < -0.39 is 10.0 Å². The van der Waals surface area contributed by atoms with E-state index in [1.54, 1.807) is 37.2 Å². The van der Waals surface area contributed by atoms with Crippen molar-refractivity contribution >= 4 is 84.7 Å². The lowest BCUT2D eigenvalue weighted by atomic mass is 9.99. The monoisotopic (exact) mass is 700 g/mol. The molecule has 0 radical (unpaired) electrons. The average Bonchev–Trinajstić information content (AvgIpc) is 2.73. The van der Waals surface area contributed by atoms with Gasteiger partial charge in [0.2, 0.25) is 5.91 Å². The molecule has 2 aromatic rings. The highest BCUT2D eigenvalue weighted by Crippen LogP contribution is 2.33. The lowest BCUT2D eigenvalue weighted by molar-refractivity contribution is -0.115. The number of anilines is 1. The van der Waals surface area contributed by atoms with Crippen molar-refractivity contribution in [3.63, 3.8) is 0 Å². The molecule has 0 spiro atoms. The van der Waals surface area contributed by atoms with Crippen molar-refractivity contribution in [3.8, 4) is 0 Å². The van der Waals surface area contributed by atoms with Gasteiger partial charge in [0.05, 0.1) is 11.3 Å². The maximum atomic E-state index is 13.0. The Morgan fingerprint density at radius 1 is 1.31 bits per heavy atom. The van der Waals surface area contributed by atoms with Crippen LogP contribution in [0.1, 0.15) is 16.7 Å². The van der Waals surface area contributed by atoms with E-state index in [0.717, 1.165) is 17.7 Å². The van der Waals surface area contributed by atoms with Gasteiger partial charge in [-0.3, -0.25) is 9.69 Å². The summed E-state index contributed by atoms with van der Waals surface area (Å²) in [6.07, 6.45) is 1.95. The Bertz CT molecular complexity index is 1140. The van der Waals surface area contributed by atoms with Crippen LogP contribution in [-0.4, -0.2) is 53.2 Å². The third kappa shape index (κ3) is 6.55. The molecule has 7 nitrogen and oxygen atoms in total. The highest BCUT2D eigenvalue weighted by atomic mass is 127. The summed E-state index contributed by atoms with van der Waals surface area (Å²) in [5, 5.41) is 3.36. The minimum atomic E-state index is -3.93. The number of nitrogens with zero attached hydrogens (tertiary/aromatic N) is 3. The highest BCUT2D eigenvalue weighted by Gasteiger charge is 2.28. The molecule has 0 saturated carbocycles. The van der Waals surface area contributed by atoms with Gasteiger partial charge in [-0.15, -0.1) is 4.40 Å². The summed E-state index contributed by atoms with van der Waals surface area (Å²) >= 11 is 10.8. The SMILES string of the molecule is CN(C)/C=N/S(=O)(=O)c1cc(NC(=O)Cc2ccccc2Cl)cc2c1CCN(C(I)I)C2. The normalized spacial score (nSPS) is 14.6. The smallest absolute Gasteiger partial charge is 0.284 e. The van der Waals surface area contributed by atoms with Crippen molar-refractivity contribution in [1.29, 1.82) is 0 Å². The largest absolute Gasteiger partial charge is 0.368 e. The Balaban J connectivity index is 1.97.